The lowest BCUT2D eigenvalue weighted by Crippen LogP contribution is -2.48. The number of fused-ring (bicyclic) bond motifs is 2. The van der Waals surface area contributed by atoms with Gasteiger partial charge in [-0.3, -0.25) is 4.79 Å². The van der Waals surface area contributed by atoms with E-state index in [0.29, 0.717) is 30.4 Å². The number of hydrogen-bond donors (Lipinski definition) is 2. The summed E-state index contributed by atoms with van der Waals surface area (Å²) < 4.78 is 9.82. The van der Waals surface area contributed by atoms with Gasteiger partial charge in [0.1, 0.15) is 5.41 Å². The van der Waals surface area contributed by atoms with Crippen LogP contribution < -0.4 is 10.6 Å². The summed E-state index contributed by atoms with van der Waals surface area (Å²) in [5.41, 5.74) is 3.46. The third-order valence-electron chi connectivity index (χ3n) is 6.42. The van der Waals surface area contributed by atoms with Crippen molar-refractivity contribution in [2.75, 3.05) is 27.8 Å². The summed E-state index contributed by atoms with van der Waals surface area (Å²) in [5.74, 6) is -0.966. The first-order valence-electron chi connectivity index (χ1n) is 11.2. The highest BCUT2D eigenvalue weighted by Gasteiger charge is 2.46. The molecule has 0 radical (unpaired) electrons. The van der Waals surface area contributed by atoms with Gasteiger partial charge >= 0.3 is 11.9 Å². The molecule has 0 saturated carbocycles. The van der Waals surface area contributed by atoms with E-state index in [0.717, 1.165) is 28.8 Å². The Morgan fingerprint density at radius 2 is 1.42 bits per heavy atom. The Hall–Kier alpha value is -3.19. The summed E-state index contributed by atoms with van der Waals surface area (Å²) in [6, 6.07) is 10.9. The number of carbonyl (C=O) groups excluding carboxylic acids is 3. The van der Waals surface area contributed by atoms with Gasteiger partial charge in [0.15, 0.2) is 0 Å². The molecule has 0 spiro atoms. The number of aryl methyl sites for hydroxylation is 2. The third-order valence-corrected chi connectivity index (χ3v) is 6.42. The molecule has 0 unspecified atom stereocenters. The molecule has 176 valence electrons. The number of benzene rings is 2. The van der Waals surface area contributed by atoms with E-state index in [1.165, 1.54) is 14.2 Å². The SMILES string of the molecule is CCN[C@@H](C)CC1(C(=O)NC)c2ccc(C(=O)OC)cc2CCc2cc(C(=O)OC)ccc21. The number of hydrogen-bond acceptors (Lipinski definition) is 6. The van der Waals surface area contributed by atoms with Gasteiger partial charge in [-0.1, -0.05) is 19.1 Å². The standard InChI is InChI=1S/C26H32N2O5/c1-6-28-16(2)15-26(25(31)27-3)21-11-9-19(23(29)32-4)13-17(21)7-8-18-14-20(24(30)33-5)10-12-22(18)26/h9-14,16,28H,6-8,15H2,1-5H3,(H,27,31)/t16-/m0/s1. The number of rotatable bonds is 7. The highest BCUT2D eigenvalue weighted by atomic mass is 16.5. The monoisotopic (exact) mass is 452 g/mol. The molecule has 33 heavy (non-hydrogen) atoms. The van der Waals surface area contributed by atoms with Crippen LogP contribution in [0.2, 0.25) is 0 Å². The van der Waals surface area contributed by atoms with Gasteiger partial charge in [-0.25, -0.2) is 9.59 Å². The number of ether oxygens (including phenoxy) is 2. The van der Waals surface area contributed by atoms with Crippen molar-refractivity contribution in [2.24, 2.45) is 0 Å². The van der Waals surface area contributed by atoms with E-state index in [4.69, 9.17) is 9.47 Å². The molecule has 1 atom stereocenters. The van der Waals surface area contributed by atoms with Crippen LogP contribution in [-0.2, 0) is 32.5 Å². The molecule has 0 saturated heterocycles. The van der Waals surface area contributed by atoms with Gasteiger partial charge in [-0.05, 0) is 79.3 Å². The molecule has 2 aromatic rings. The van der Waals surface area contributed by atoms with Crippen LogP contribution in [0.3, 0.4) is 0 Å². The lowest BCUT2D eigenvalue weighted by molar-refractivity contribution is -0.125. The molecular formula is C26H32N2O5. The molecule has 1 aliphatic carbocycles. The average molecular weight is 453 g/mol. The van der Waals surface area contributed by atoms with Crippen molar-refractivity contribution in [3.05, 3.63) is 69.8 Å². The molecule has 0 aromatic heterocycles. The van der Waals surface area contributed by atoms with Crippen LogP contribution >= 0.6 is 0 Å². The molecule has 7 heteroatoms. The summed E-state index contributed by atoms with van der Waals surface area (Å²) >= 11 is 0. The molecule has 1 amide bonds. The van der Waals surface area contributed by atoms with Crippen LogP contribution in [0.1, 0.15) is 63.2 Å². The zero-order chi connectivity index (χ0) is 24.2. The molecule has 7 nitrogen and oxygen atoms in total. The Bertz CT molecular complexity index is 995. The van der Waals surface area contributed by atoms with Crippen LogP contribution in [0.15, 0.2) is 36.4 Å². The normalized spacial score (nSPS) is 14.8. The fourth-order valence-electron chi connectivity index (χ4n) is 4.99. The Balaban J connectivity index is 2.31. The summed E-state index contributed by atoms with van der Waals surface area (Å²) in [7, 11) is 4.34. The van der Waals surface area contributed by atoms with Gasteiger partial charge in [0, 0.05) is 13.1 Å². The molecule has 0 bridgehead atoms. The average Bonchev–Trinajstić information content (AvgIpc) is 2.97. The fraction of sp³-hybridized carbons (Fsp3) is 0.423. The largest absolute Gasteiger partial charge is 0.465 e. The molecule has 1 aliphatic rings. The maximum atomic E-state index is 13.7. The van der Waals surface area contributed by atoms with Gasteiger partial charge in [0.25, 0.3) is 0 Å². The summed E-state index contributed by atoms with van der Waals surface area (Å²) in [4.78, 5) is 38.1. The van der Waals surface area contributed by atoms with Gasteiger partial charge in [0.2, 0.25) is 5.91 Å². The van der Waals surface area contributed by atoms with Gasteiger partial charge in [-0.2, -0.15) is 0 Å². The predicted molar refractivity (Wildman–Crippen MR) is 126 cm³/mol. The molecule has 0 aliphatic heterocycles. The number of amides is 1. The molecule has 2 N–H and O–H groups in total. The molecule has 2 aromatic carbocycles. The first-order chi connectivity index (χ1) is 15.8. The van der Waals surface area contributed by atoms with Crippen LogP contribution in [0.5, 0.6) is 0 Å². The maximum Gasteiger partial charge on any atom is 0.337 e. The van der Waals surface area contributed by atoms with E-state index in [9.17, 15) is 14.4 Å². The number of likely N-dealkylation sites (N-methyl/N-ethyl adjacent to an activating group) is 1. The van der Waals surface area contributed by atoms with Crippen LogP contribution in [-0.4, -0.2) is 51.7 Å². The second kappa shape index (κ2) is 10.2. The minimum absolute atomic E-state index is 0.0340. The van der Waals surface area contributed by atoms with Crippen molar-refractivity contribution in [2.45, 2.75) is 44.6 Å². The number of methoxy groups -OCH3 is 2. The van der Waals surface area contributed by atoms with Crippen molar-refractivity contribution in [3.63, 3.8) is 0 Å². The quantitative estimate of drug-likeness (QED) is 0.628. The van der Waals surface area contributed by atoms with Gasteiger partial charge < -0.3 is 20.1 Å². The zero-order valence-electron chi connectivity index (χ0n) is 19.9. The Kier molecular flexibility index (Phi) is 7.53. The van der Waals surface area contributed by atoms with Crippen molar-refractivity contribution >= 4 is 17.8 Å². The number of esters is 2. The summed E-state index contributed by atoms with van der Waals surface area (Å²) in [6.07, 6.45) is 1.74. The lowest BCUT2D eigenvalue weighted by atomic mass is 9.67. The second-order valence-corrected chi connectivity index (χ2v) is 8.37. The Morgan fingerprint density at radius 3 is 1.82 bits per heavy atom. The summed E-state index contributed by atoms with van der Waals surface area (Å²) in [5, 5.41) is 6.31. The Morgan fingerprint density at radius 1 is 0.939 bits per heavy atom. The van der Waals surface area contributed by atoms with E-state index in [-0.39, 0.29) is 11.9 Å². The van der Waals surface area contributed by atoms with Crippen molar-refractivity contribution in [1.29, 1.82) is 0 Å². The van der Waals surface area contributed by atoms with E-state index in [1.54, 1.807) is 19.2 Å². The van der Waals surface area contributed by atoms with E-state index in [2.05, 4.69) is 17.6 Å². The molecule has 3 rings (SSSR count). The van der Waals surface area contributed by atoms with Crippen LogP contribution in [0.4, 0.5) is 0 Å². The smallest absolute Gasteiger partial charge is 0.337 e. The zero-order valence-corrected chi connectivity index (χ0v) is 19.9. The predicted octanol–water partition coefficient (Wildman–Crippen LogP) is 2.78. The topological polar surface area (TPSA) is 93.7 Å². The number of nitrogens with one attached hydrogen (secondary N) is 2. The van der Waals surface area contributed by atoms with Crippen molar-refractivity contribution in [1.82, 2.24) is 10.6 Å². The minimum Gasteiger partial charge on any atom is -0.465 e. The minimum atomic E-state index is -0.999. The first-order valence-corrected chi connectivity index (χ1v) is 11.2. The van der Waals surface area contributed by atoms with Crippen molar-refractivity contribution in [3.8, 4) is 0 Å². The number of carbonyl (C=O) groups is 3. The fourth-order valence-corrected chi connectivity index (χ4v) is 4.99. The molecule has 0 heterocycles. The molecule has 0 fully saturated rings. The molecular weight excluding hydrogens is 420 g/mol. The highest BCUT2D eigenvalue weighted by Crippen LogP contribution is 2.44. The van der Waals surface area contributed by atoms with Crippen molar-refractivity contribution < 1.29 is 23.9 Å². The third kappa shape index (κ3) is 4.50. The highest BCUT2D eigenvalue weighted by molar-refractivity contribution is 5.95. The van der Waals surface area contributed by atoms with E-state index >= 15 is 0 Å². The van der Waals surface area contributed by atoms with Gasteiger partial charge in [-0.15, -0.1) is 0 Å². The summed E-state index contributed by atoms with van der Waals surface area (Å²) in [6.45, 7) is 4.86. The van der Waals surface area contributed by atoms with E-state index in [1.807, 2.05) is 31.2 Å². The van der Waals surface area contributed by atoms with Gasteiger partial charge in [0.05, 0.1) is 25.3 Å². The van der Waals surface area contributed by atoms with Crippen LogP contribution in [0, 0.1) is 0 Å². The van der Waals surface area contributed by atoms with E-state index < -0.39 is 17.4 Å². The Labute approximate surface area is 194 Å². The first kappa shape index (κ1) is 24.5. The maximum absolute atomic E-state index is 13.7. The lowest BCUT2D eigenvalue weighted by Gasteiger charge is -2.37. The second-order valence-electron chi connectivity index (χ2n) is 8.37. The van der Waals surface area contributed by atoms with Crippen LogP contribution in [0.25, 0.3) is 0 Å².